The molecule has 4 rings (SSSR count). The molecule has 1 aromatic carbocycles. The van der Waals surface area contributed by atoms with Crippen LogP contribution in [0.1, 0.15) is 11.1 Å². The summed E-state index contributed by atoms with van der Waals surface area (Å²) in [7, 11) is 0. The molecule has 1 fully saturated rings. The highest BCUT2D eigenvalue weighted by atomic mass is 16.5. The second kappa shape index (κ2) is 6.72. The van der Waals surface area contributed by atoms with E-state index in [0.29, 0.717) is 0 Å². The lowest BCUT2D eigenvalue weighted by molar-refractivity contribution is -0.118. The van der Waals surface area contributed by atoms with Gasteiger partial charge in [0.2, 0.25) is 0 Å². The van der Waals surface area contributed by atoms with Crippen molar-refractivity contribution in [3.05, 3.63) is 47.8 Å². The zero-order chi connectivity index (χ0) is 17.2. The van der Waals surface area contributed by atoms with Gasteiger partial charge in [0.1, 0.15) is 5.75 Å². The minimum absolute atomic E-state index is 0.0925. The Morgan fingerprint density at radius 3 is 2.84 bits per heavy atom. The normalized spacial score (nSPS) is 17.6. The predicted octanol–water partition coefficient (Wildman–Crippen LogP) is 2.04. The SMILES string of the molecule is Cc1ccncc1N1CCN(Cc2ccc3c(c2)NC(=O)CO3)CC1. The van der Waals surface area contributed by atoms with Crippen LogP contribution >= 0.6 is 0 Å². The van der Waals surface area contributed by atoms with Gasteiger partial charge in [-0.25, -0.2) is 0 Å². The third-order valence-electron chi connectivity index (χ3n) is 4.81. The summed E-state index contributed by atoms with van der Waals surface area (Å²) in [6.45, 7) is 7.12. The molecular weight excluding hydrogens is 316 g/mol. The number of ether oxygens (including phenoxy) is 1. The predicted molar refractivity (Wildman–Crippen MR) is 97.0 cm³/mol. The minimum Gasteiger partial charge on any atom is -0.482 e. The fourth-order valence-corrected chi connectivity index (χ4v) is 3.42. The molecule has 25 heavy (non-hydrogen) atoms. The Kier molecular flexibility index (Phi) is 4.28. The Balaban J connectivity index is 1.38. The number of nitrogens with zero attached hydrogens (tertiary/aromatic N) is 3. The van der Waals surface area contributed by atoms with Gasteiger partial charge >= 0.3 is 0 Å². The molecule has 1 saturated heterocycles. The van der Waals surface area contributed by atoms with E-state index in [2.05, 4.69) is 39.2 Å². The monoisotopic (exact) mass is 338 g/mol. The smallest absolute Gasteiger partial charge is 0.262 e. The molecule has 0 aliphatic carbocycles. The van der Waals surface area contributed by atoms with E-state index in [1.807, 2.05) is 24.5 Å². The maximum absolute atomic E-state index is 11.5. The van der Waals surface area contributed by atoms with Crippen LogP contribution in [0.3, 0.4) is 0 Å². The van der Waals surface area contributed by atoms with Crippen LogP contribution in [0.25, 0.3) is 0 Å². The van der Waals surface area contributed by atoms with E-state index >= 15 is 0 Å². The first-order valence-corrected chi connectivity index (χ1v) is 8.62. The van der Waals surface area contributed by atoms with Gasteiger partial charge in [-0.15, -0.1) is 0 Å². The van der Waals surface area contributed by atoms with Crippen molar-refractivity contribution in [3.8, 4) is 5.75 Å². The van der Waals surface area contributed by atoms with E-state index in [-0.39, 0.29) is 12.5 Å². The molecule has 0 bridgehead atoms. The Labute approximate surface area is 147 Å². The number of fused-ring (bicyclic) bond motifs is 1. The Morgan fingerprint density at radius 2 is 2.04 bits per heavy atom. The Bertz CT molecular complexity index is 785. The summed E-state index contributed by atoms with van der Waals surface area (Å²) in [6.07, 6.45) is 3.80. The zero-order valence-corrected chi connectivity index (χ0v) is 14.4. The standard InChI is InChI=1S/C19H22N4O2/c1-14-4-5-20-11-17(14)23-8-6-22(7-9-23)12-15-2-3-18-16(10-15)21-19(24)13-25-18/h2-5,10-11H,6-9,12-13H2,1H3,(H,21,24). The van der Waals surface area contributed by atoms with E-state index in [4.69, 9.17) is 4.74 Å². The summed E-state index contributed by atoms with van der Waals surface area (Å²) >= 11 is 0. The molecule has 2 aliphatic heterocycles. The molecule has 6 nitrogen and oxygen atoms in total. The number of carbonyl (C=O) groups is 1. The lowest BCUT2D eigenvalue weighted by atomic mass is 10.1. The number of piperazine rings is 1. The Hall–Kier alpha value is -2.60. The topological polar surface area (TPSA) is 57.7 Å². The van der Waals surface area contributed by atoms with Crippen LogP contribution in [-0.4, -0.2) is 48.6 Å². The molecule has 1 amide bonds. The maximum atomic E-state index is 11.5. The fraction of sp³-hybridized carbons (Fsp3) is 0.368. The van der Waals surface area contributed by atoms with Gasteiger partial charge in [0, 0.05) is 38.9 Å². The number of pyridine rings is 1. The number of anilines is 2. The third kappa shape index (κ3) is 3.44. The maximum Gasteiger partial charge on any atom is 0.262 e. The summed E-state index contributed by atoms with van der Waals surface area (Å²) in [4.78, 5) is 20.6. The molecule has 0 saturated carbocycles. The second-order valence-electron chi connectivity index (χ2n) is 6.59. The van der Waals surface area contributed by atoms with E-state index in [9.17, 15) is 4.79 Å². The molecule has 1 N–H and O–H groups in total. The number of benzene rings is 1. The first-order chi connectivity index (χ1) is 12.2. The number of rotatable bonds is 3. The van der Waals surface area contributed by atoms with Gasteiger partial charge < -0.3 is 15.0 Å². The van der Waals surface area contributed by atoms with Gasteiger partial charge in [-0.05, 0) is 36.2 Å². The highest BCUT2D eigenvalue weighted by Gasteiger charge is 2.20. The molecule has 0 spiro atoms. The number of hydrogen-bond acceptors (Lipinski definition) is 5. The van der Waals surface area contributed by atoms with Crippen molar-refractivity contribution in [1.29, 1.82) is 0 Å². The number of aromatic nitrogens is 1. The summed E-state index contributed by atoms with van der Waals surface area (Å²) in [5.41, 5.74) is 4.47. The lowest BCUT2D eigenvalue weighted by Gasteiger charge is -2.36. The molecule has 0 radical (unpaired) electrons. The number of nitrogens with one attached hydrogen (secondary N) is 1. The highest BCUT2D eigenvalue weighted by Crippen LogP contribution is 2.29. The molecule has 0 unspecified atom stereocenters. The van der Waals surface area contributed by atoms with Crippen LogP contribution < -0.4 is 15.0 Å². The van der Waals surface area contributed by atoms with Crippen LogP contribution in [0.2, 0.25) is 0 Å². The molecule has 6 heteroatoms. The molecule has 2 aromatic rings. The van der Waals surface area contributed by atoms with Crippen molar-refractivity contribution < 1.29 is 9.53 Å². The van der Waals surface area contributed by atoms with Crippen LogP contribution in [0.4, 0.5) is 11.4 Å². The number of amides is 1. The minimum atomic E-state index is -0.0925. The van der Waals surface area contributed by atoms with Crippen molar-refractivity contribution in [2.45, 2.75) is 13.5 Å². The summed E-state index contributed by atoms with van der Waals surface area (Å²) in [5, 5.41) is 2.87. The summed E-state index contributed by atoms with van der Waals surface area (Å²) in [6, 6.07) is 8.10. The van der Waals surface area contributed by atoms with Crippen molar-refractivity contribution >= 4 is 17.3 Å². The number of carbonyl (C=O) groups excluding carboxylic acids is 1. The molecule has 130 valence electrons. The second-order valence-corrected chi connectivity index (χ2v) is 6.59. The van der Waals surface area contributed by atoms with E-state index in [1.165, 1.54) is 16.8 Å². The fourth-order valence-electron chi connectivity index (χ4n) is 3.42. The van der Waals surface area contributed by atoms with Crippen LogP contribution in [0, 0.1) is 6.92 Å². The van der Waals surface area contributed by atoms with Gasteiger partial charge in [-0.1, -0.05) is 6.07 Å². The van der Waals surface area contributed by atoms with E-state index in [1.54, 1.807) is 0 Å². The van der Waals surface area contributed by atoms with Gasteiger partial charge in [-0.3, -0.25) is 14.7 Å². The van der Waals surface area contributed by atoms with Crippen molar-refractivity contribution in [3.63, 3.8) is 0 Å². The summed E-state index contributed by atoms with van der Waals surface area (Å²) in [5.74, 6) is 0.658. The lowest BCUT2D eigenvalue weighted by Crippen LogP contribution is -2.46. The average Bonchev–Trinajstić information content (AvgIpc) is 2.63. The van der Waals surface area contributed by atoms with Gasteiger partial charge in [-0.2, -0.15) is 0 Å². The molecule has 3 heterocycles. The first-order valence-electron chi connectivity index (χ1n) is 8.62. The van der Waals surface area contributed by atoms with Gasteiger partial charge in [0.25, 0.3) is 5.91 Å². The third-order valence-corrected chi connectivity index (χ3v) is 4.81. The number of aryl methyl sites for hydroxylation is 1. The van der Waals surface area contributed by atoms with Crippen LogP contribution in [0.5, 0.6) is 5.75 Å². The average molecular weight is 338 g/mol. The van der Waals surface area contributed by atoms with Crippen molar-refractivity contribution in [1.82, 2.24) is 9.88 Å². The first kappa shape index (κ1) is 15.9. The van der Waals surface area contributed by atoms with Crippen LogP contribution in [-0.2, 0) is 11.3 Å². The summed E-state index contributed by atoms with van der Waals surface area (Å²) < 4.78 is 5.42. The molecule has 1 aromatic heterocycles. The molecule has 2 aliphatic rings. The Morgan fingerprint density at radius 1 is 1.20 bits per heavy atom. The zero-order valence-electron chi connectivity index (χ0n) is 14.4. The van der Waals surface area contributed by atoms with Gasteiger partial charge in [0.15, 0.2) is 6.61 Å². The number of hydrogen-bond donors (Lipinski definition) is 1. The van der Waals surface area contributed by atoms with Crippen molar-refractivity contribution in [2.75, 3.05) is 43.0 Å². The van der Waals surface area contributed by atoms with Crippen LogP contribution in [0.15, 0.2) is 36.7 Å². The van der Waals surface area contributed by atoms with E-state index in [0.717, 1.165) is 44.2 Å². The van der Waals surface area contributed by atoms with E-state index < -0.39 is 0 Å². The van der Waals surface area contributed by atoms with Crippen molar-refractivity contribution in [2.24, 2.45) is 0 Å². The quantitative estimate of drug-likeness (QED) is 0.928. The van der Waals surface area contributed by atoms with Gasteiger partial charge in [0.05, 0.1) is 17.6 Å². The highest BCUT2D eigenvalue weighted by molar-refractivity contribution is 5.95. The largest absolute Gasteiger partial charge is 0.482 e. The molecular formula is C19H22N4O2. The molecule has 0 atom stereocenters.